The van der Waals surface area contributed by atoms with Gasteiger partial charge in [0, 0.05) is 29.1 Å². The van der Waals surface area contributed by atoms with E-state index in [1.807, 2.05) is 5.38 Å². The Kier molecular flexibility index (Phi) is 6.89. The summed E-state index contributed by atoms with van der Waals surface area (Å²) >= 11 is 13.5. The normalized spacial score (nSPS) is 11.7. The van der Waals surface area contributed by atoms with Gasteiger partial charge < -0.3 is 10.5 Å². The molecule has 0 bridgehead atoms. The highest BCUT2D eigenvalue weighted by Crippen LogP contribution is 2.33. The lowest BCUT2D eigenvalue weighted by molar-refractivity contribution is 0.197. The van der Waals surface area contributed by atoms with Crippen LogP contribution in [-0.4, -0.2) is 11.5 Å². The highest BCUT2D eigenvalue weighted by Gasteiger charge is 2.17. The molecule has 1 aromatic heterocycles. The minimum absolute atomic E-state index is 0. The third kappa shape index (κ3) is 4.51. The SMILES string of the molecule is Cl.NCCC(Oc1cc(Cl)ccc1Cl)c1nccs1. The first-order valence-corrected chi connectivity index (χ1v) is 7.05. The van der Waals surface area contributed by atoms with Gasteiger partial charge in [0.2, 0.25) is 0 Å². The quantitative estimate of drug-likeness (QED) is 0.881. The maximum Gasteiger partial charge on any atom is 0.151 e. The van der Waals surface area contributed by atoms with Crippen LogP contribution in [0.4, 0.5) is 0 Å². The Bertz CT molecular complexity index is 508. The van der Waals surface area contributed by atoms with Crippen molar-refractivity contribution in [2.45, 2.75) is 12.5 Å². The molecule has 0 spiro atoms. The van der Waals surface area contributed by atoms with Crippen LogP contribution in [0.25, 0.3) is 0 Å². The van der Waals surface area contributed by atoms with Crippen LogP contribution in [0.2, 0.25) is 10.0 Å². The van der Waals surface area contributed by atoms with Crippen molar-refractivity contribution in [1.82, 2.24) is 4.98 Å². The van der Waals surface area contributed by atoms with Gasteiger partial charge in [-0.2, -0.15) is 0 Å². The zero-order chi connectivity index (χ0) is 13.0. The van der Waals surface area contributed by atoms with Gasteiger partial charge in [-0.3, -0.25) is 0 Å². The van der Waals surface area contributed by atoms with Crippen LogP contribution in [0.1, 0.15) is 17.5 Å². The number of rotatable bonds is 5. The van der Waals surface area contributed by atoms with Crippen molar-refractivity contribution in [3.8, 4) is 5.75 Å². The molecule has 0 aliphatic heterocycles. The van der Waals surface area contributed by atoms with E-state index in [1.54, 1.807) is 24.4 Å². The molecule has 2 aromatic rings. The number of hydrogen-bond acceptors (Lipinski definition) is 4. The molecule has 0 aliphatic carbocycles. The standard InChI is InChI=1S/C12H12Cl2N2OS.ClH/c13-8-1-2-9(14)11(7-8)17-10(3-4-15)12-16-5-6-18-12;/h1-2,5-7,10H,3-4,15H2;1H. The van der Waals surface area contributed by atoms with Crippen molar-refractivity contribution in [2.24, 2.45) is 5.73 Å². The van der Waals surface area contributed by atoms with Crippen LogP contribution in [0, 0.1) is 0 Å². The number of halogens is 3. The molecule has 0 aliphatic rings. The van der Waals surface area contributed by atoms with Gasteiger partial charge in [-0.15, -0.1) is 23.7 Å². The van der Waals surface area contributed by atoms with Crippen LogP contribution in [0.5, 0.6) is 5.75 Å². The third-order valence-electron chi connectivity index (χ3n) is 2.32. The number of nitrogens with zero attached hydrogens (tertiary/aromatic N) is 1. The van der Waals surface area contributed by atoms with Gasteiger partial charge >= 0.3 is 0 Å². The Hall–Kier alpha value is -0.520. The van der Waals surface area contributed by atoms with E-state index in [0.29, 0.717) is 28.8 Å². The van der Waals surface area contributed by atoms with E-state index in [9.17, 15) is 0 Å². The molecule has 1 unspecified atom stereocenters. The second-order valence-electron chi connectivity index (χ2n) is 3.63. The smallest absolute Gasteiger partial charge is 0.151 e. The van der Waals surface area contributed by atoms with Crippen molar-refractivity contribution < 1.29 is 4.74 Å². The Balaban J connectivity index is 0.00000180. The Labute approximate surface area is 132 Å². The summed E-state index contributed by atoms with van der Waals surface area (Å²) in [5.41, 5.74) is 5.59. The molecule has 0 saturated carbocycles. The summed E-state index contributed by atoms with van der Waals surface area (Å²) in [7, 11) is 0. The topological polar surface area (TPSA) is 48.1 Å². The van der Waals surface area contributed by atoms with E-state index in [4.69, 9.17) is 33.7 Å². The van der Waals surface area contributed by atoms with Gasteiger partial charge in [-0.25, -0.2) is 4.98 Å². The highest BCUT2D eigenvalue weighted by atomic mass is 35.5. The summed E-state index contributed by atoms with van der Waals surface area (Å²) < 4.78 is 5.86. The fourth-order valence-corrected chi connectivity index (χ4v) is 2.52. The van der Waals surface area contributed by atoms with Crippen LogP contribution in [0.15, 0.2) is 29.8 Å². The zero-order valence-electron chi connectivity index (χ0n) is 9.88. The Morgan fingerprint density at radius 1 is 1.37 bits per heavy atom. The summed E-state index contributed by atoms with van der Waals surface area (Å²) in [4.78, 5) is 4.25. The minimum Gasteiger partial charge on any atom is -0.482 e. The molecular weight excluding hydrogens is 327 g/mol. The maximum absolute atomic E-state index is 6.07. The van der Waals surface area contributed by atoms with E-state index in [0.717, 1.165) is 5.01 Å². The second kappa shape index (κ2) is 7.92. The molecular formula is C12H13Cl3N2OS. The van der Waals surface area contributed by atoms with Crippen LogP contribution in [0.3, 0.4) is 0 Å². The molecule has 0 amide bonds. The highest BCUT2D eigenvalue weighted by molar-refractivity contribution is 7.09. The number of ether oxygens (including phenoxy) is 1. The lowest BCUT2D eigenvalue weighted by atomic mass is 10.2. The second-order valence-corrected chi connectivity index (χ2v) is 5.40. The third-order valence-corrected chi connectivity index (χ3v) is 3.73. The van der Waals surface area contributed by atoms with Gasteiger partial charge in [0.05, 0.1) is 5.02 Å². The lowest BCUT2D eigenvalue weighted by Gasteiger charge is -2.17. The Morgan fingerprint density at radius 2 is 2.16 bits per heavy atom. The van der Waals surface area contributed by atoms with Crippen LogP contribution < -0.4 is 10.5 Å². The van der Waals surface area contributed by atoms with Crippen molar-refractivity contribution in [3.05, 3.63) is 44.8 Å². The van der Waals surface area contributed by atoms with Crippen molar-refractivity contribution >= 4 is 46.9 Å². The zero-order valence-corrected chi connectivity index (χ0v) is 13.0. The van der Waals surface area contributed by atoms with E-state index in [2.05, 4.69) is 4.98 Å². The predicted octanol–water partition coefficient (Wildman–Crippen LogP) is 4.34. The molecule has 3 nitrogen and oxygen atoms in total. The first kappa shape index (κ1) is 16.5. The summed E-state index contributed by atoms with van der Waals surface area (Å²) in [6.45, 7) is 0.516. The number of nitrogens with two attached hydrogens (primary N) is 1. The van der Waals surface area contributed by atoms with Gasteiger partial charge in [0.1, 0.15) is 10.8 Å². The molecule has 104 valence electrons. The number of thiazole rings is 1. The van der Waals surface area contributed by atoms with Gasteiger partial charge in [-0.1, -0.05) is 23.2 Å². The average Bonchev–Trinajstić information content (AvgIpc) is 2.87. The van der Waals surface area contributed by atoms with Crippen molar-refractivity contribution in [3.63, 3.8) is 0 Å². The largest absolute Gasteiger partial charge is 0.482 e. The molecule has 1 atom stereocenters. The first-order valence-electron chi connectivity index (χ1n) is 5.42. The van der Waals surface area contributed by atoms with E-state index in [-0.39, 0.29) is 18.5 Å². The predicted molar refractivity (Wildman–Crippen MR) is 82.9 cm³/mol. The van der Waals surface area contributed by atoms with E-state index >= 15 is 0 Å². The molecule has 0 saturated heterocycles. The van der Waals surface area contributed by atoms with E-state index in [1.165, 1.54) is 11.3 Å². The van der Waals surface area contributed by atoms with Crippen LogP contribution >= 0.6 is 46.9 Å². The van der Waals surface area contributed by atoms with Gasteiger partial charge in [-0.05, 0) is 18.7 Å². The van der Waals surface area contributed by atoms with Crippen LogP contribution in [-0.2, 0) is 0 Å². The number of aromatic nitrogens is 1. The monoisotopic (exact) mass is 338 g/mol. The summed E-state index contributed by atoms with van der Waals surface area (Å²) in [6.07, 6.45) is 2.23. The molecule has 0 fully saturated rings. The van der Waals surface area contributed by atoms with E-state index < -0.39 is 0 Å². The number of benzene rings is 1. The average molecular weight is 340 g/mol. The van der Waals surface area contributed by atoms with Gasteiger partial charge in [0.15, 0.2) is 6.10 Å². The molecule has 7 heteroatoms. The molecule has 2 rings (SSSR count). The molecule has 0 radical (unpaired) electrons. The molecule has 19 heavy (non-hydrogen) atoms. The Morgan fingerprint density at radius 3 is 2.79 bits per heavy atom. The maximum atomic E-state index is 6.07. The minimum atomic E-state index is -0.189. The summed E-state index contributed by atoms with van der Waals surface area (Å²) in [6, 6.07) is 5.12. The fourth-order valence-electron chi connectivity index (χ4n) is 1.50. The molecule has 2 N–H and O–H groups in total. The number of hydrogen-bond donors (Lipinski definition) is 1. The van der Waals surface area contributed by atoms with Crippen molar-refractivity contribution in [2.75, 3.05) is 6.54 Å². The fraction of sp³-hybridized carbons (Fsp3) is 0.250. The molecule has 1 heterocycles. The van der Waals surface area contributed by atoms with Crippen molar-refractivity contribution in [1.29, 1.82) is 0 Å². The molecule has 1 aromatic carbocycles. The van der Waals surface area contributed by atoms with Gasteiger partial charge in [0.25, 0.3) is 0 Å². The summed E-state index contributed by atoms with van der Waals surface area (Å²) in [5.74, 6) is 0.554. The first-order chi connectivity index (χ1) is 8.70. The lowest BCUT2D eigenvalue weighted by Crippen LogP contribution is -2.13. The summed E-state index contributed by atoms with van der Waals surface area (Å²) in [5, 5.41) is 3.90.